The Hall–Kier alpha value is -1.70. The van der Waals surface area contributed by atoms with Gasteiger partial charge in [0.1, 0.15) is 5.69 Å². The number of fused-ring (bicyclic) bond motifs is 1. The van der Waals surface area contributed by atoms with E-state index in [0.29, 0.717) is 17.5 Å². The highest BCUT2D eigenvalue weighted by Gasteiger charge is 2.45. The van der Waals surface area contributed by atoms with E-state index < -0.39 is 0 Å². The van der Waals surface area contributed by atoms with E-state index in [4.69, 9.17) is 0 Å². The standard InChI is InChI=1S/C20H26N4O2S/c25-19-8-15-11-24(10-14(15)7-18(19)23-4-1-2-5-23)20(26)17-9-16(21-22-17)13-3-6-27-12-13/h3,6,9,12,14-15,18-19,25H,1-2,4-5,7-8,10-11H2,(H,21,22)/t14-,15+,18-,19-/m1/s1. The predicted molar refractivity (Wildman–Crippen MR) is 105 cm³/mol. The fourth-order valence-electron chi connectivity index (χ4n) is 5.20. The van der Waals surface area contributed by atoms with E-state index in [1.54, 1.807) is 11.3 Å². The van der Waals surface area contributed by atoms with Crippen molar-refractivity contribution in [2.45, 2.75) is 37.8 Å². The smallest absolute Gasteiger partial charge is 0.271 e. The average molecular weight is 387 g/mol. The van der Waals surface area contributed by atoms with Gasteiger partial charge in [-0.2, -0.15) is 16.4 Å². The number of nitrogens with zero attached hydrogens (tertiary/aromatic N) is 3. The highest BCUT2D eigenvalue weighted by molar-refractivity contribution is 7.08. The number of rotatable bonds is 3. The molecule has 27 heavy (non-hydrogen) atoms. The largest absolute Gasteiger partial charge is 0.391 e. The van der Waals surface area contributed by atoms with Gasteiger partial charge in [0.15, 0.2) is 0 Å². The van der Waals surface area contributed by atoms with E-state index >= 15 is 0 Å². The van der Waals surface area contributed by atoms with Crippen LogP contribution in [0, 0.1) is 11.8 Å². The summed E-state index contributed by atoms with van der Waals surface area (Å²) in [6.45, 7) is 3.77. The Kier molecular flexibility index (Phi) is 4.53. The van der Waals surface area contributed by atoms with Gasteiger partial charge in [-0.05, 0) is 68.1 Å². The lowest BCUT2D eigenvalue weighted by Gasteiger charge is -2.40. The highest BCUT2D eigenvalue weighted by atomic mass is 32.1. The summed E-state index contributed by atoms with van der Waals surface area (Å²) in [6, 6.07) is 4.15. The van der Waals surface area contributed by atoms with Crippen LogP contribution in [-0.4, -0.2) is 69.3 Å². The van der Waals surface area contributed by atoms with Gasteiger partial charge in [0, 0.05) is 30.1 Å². The predicted octanol–water partition coefficient (Wildman–Crippen LogP) is 2.45. The van der Waals surface area contributed by atoms with Crippen LogP contribution >= 0.6 is 11.3 Å². The molecule has 1 saturated carbocycles. The Morgan fingerprint density at radius 3 is 2.74 bits per heavy atom. The van der Waals surface area contributed by atoms with Crippen LogP contribution in [0.5, 0.6) is 0 Å². The third-order valence-electron chi connectivity index (χ3n) is 6.63. The van der Waals surface area contributed by atoms with E-state index in [0.717, 1.165) is 50.3 Å². The Bertz CT molecular complexity index is 799. The van der Waals surface area contributed by atoms with Gasteiger partial charge >= 0.3 is 0 Å². The molecule has 0 unspecified atom stereocenters. The number of H-pyrrole nitrogens is 1. The molecule has 1 amide bonds. The van der Waals surface area contributed by atoms with Gasteiger partial charge in [-0.25, -0.2) is 0 Å². The van der Waals surface area contributed by atoms with Crippen molar-refractivity contribution in [1.82, 2.24) is 20.0 Å². The maximum absolute atomic E-state index is 13.0. The number of aromatic nitrogens is 2. The van der Waals surface area contributed by atoms with Gasteiger partial charge in [0.2, 0.25) is 0 Å². The molecule has 2 saturated heterocycles. The van der Waals surface area contributed by atoms with E-state index in [1.165, 1.54) is 12.8 Å². The van der Waals surface area contributed by atoms with Crippen molar-refractivity contribution in [1.29, 1.82) is 0 Å². The lowest BCUT2D eigenvalue weighted by molar-refractivity contribution is -0.000864. The monoisotopic (exact) mass is 386 g/mol. The zero-order valence-corrected chi connectivity index (χ0v) is 16.2. The summed E-state index contributed by atoms with van der Waals surface area (Å²) in [5, 5.41) is 21.9. The van der Waals surface area contributed by atoms with Crippen LogP contribution in [0.2, 0.25) is 0 Å². The summed E-state index contributed by atoms with van der Waals surface area (Å²) in [7, 11) is 0. The van der Waals surface area contributed by atoms with E-state index in [1.807, 2.05) is 27.8 Å². The number of hydrogen-bond donors (Lipinski definition) is 2. The van der Waals surface area contributed by atoms with Gasteiger partial charge in [-0.15, -0.1) is 0 Å². The minimum atomic E-state index is -0.253. The molecule has 3 fully saturated rings. The van der Waals surface area contributed by atoms with E-state index in [-0.39, 0.29) is 18.1 Å². The Morgan fingerprint density at radius 2 is 2.00 bits per heavy atom. The van der Waals surface area contributed by atoms with Crippen LogP contribution in [0.15, 0.2) is 22.9 Å². The molecule has 0 bridgehead atoms. The fraction of sp³-hybridized carbons (Fsp3) is 0.600. The van der Waals surface area contributed by atoms with Crippen molar-refractivity contribution in [3.05, 3.63) is 28.6 Å². The van der Waals surface area contributed by atoms with Crippen molar-refractivity contribution in [3.63, 3.8) is 0 Å². The highest BCUT2D eigenvalue weighted by Crippen LogP contribution is 2.39. The molecule has 0 spiro atoms. The van der Waals surface area contributed by atoms with Crippen LogP contribution in [0.3, 0.4) is 0 Å². The average Bonchev–Trinajstić information content (AvgIpc) is 3.47. The summed E-state index contributed by atoms with van der Waals surface area (Å²) in [6.07, 6.45) is 4.07. The number of nitrogens with one attached hydrogen (secondary N) is 1. The molecule has 5 rings (SSSR count). The van der Waals surface area contributed by atoms with Crippen LogP contribution in [0.1, 0.15) is 36.2 Å². The molecule has 1 aliphatic carbocycles. The summed E-state index contributed by atoms with van der Waals surface area (Å²) >= 11 is 1.62. The van der Waals surface area contributed by atoms with Gasteiger partial charge in [0.25, 0.3) is 5.91 Å². The van der Waals surface area contributed by atoms with Crippen LogP contribution < -0.4 is 0 Å². The molecule has 144 valence electrons. The molecule has 0 aromatic carbocycles. The first kappa shape index (κ1) is 17.4. The van der Waals surface area contributed by atoms with Gasteiger partial charge in [0.05, 0.1) is 11.8 Å². The number of hydrogen-bond acceptors (Lipinski definition) is 5. The number of aliphatic hydroxyl groups excluding tert-OH is 1. The first-order chi connectivity index (χ1) is 13.2. The van der Waals surface area contributed by atoms with Crippen molar-refractivity contribution in [3.8, 4) is 11.3 Å². The quantitative estimate of drug-likeness (QED) is 0.850. The van der Waals surface area contributed by atoms with Crippen LogP contribution in [0.4, 0.5) is 0 Å². The van der Waals surface area contributed by atoms with Crippen molar-refractivity contribution in [2.24, 2.45) is 11.8 Å². The molecule has 4 atom stereocenters. The second-order valence-corrected chi connectivity index (χ2v) is 9.04. The molecular formula is C20H26N4O2S. The first-order valence-corrected chi connectivity index (χ1v) is 10.9. The summed E-state index contributed by atoms with van der Waals surface area (Å²) in [5.74, 6) is 0.954. The molecule has 6 nitrogen and oxygen atoms in total. The molecule has 2 aliphatic heterocycles. The lowest BCUT2D eigenvalue weighted by Crippen LogP contribution is -2.48. The molecular weight excluding hydrogens is 360 g/mol. The number of thiophene rings is 1. The first-order valence-electron chi connectivity index (χ1n) is 9.98. The van der Waals surface area contributed by atoms with Crippen molar-refractivity contribution in [2.75, 3.05) is 26.2 Å². The maximum atomic E-state index is 13.0. The van der Waals surface area contributed by atoms with Crippen LogP contribution in [0.25, 0.3) is 11.3 Å². The zero-order valence-electron chi connectivity index (χ0n) is 15.4. The number of aliphatic hydroxyl groups is 1. The molecule has 0 radical (unpaired) electrons. The molecule has 3 aliphatic rings. The third-order valence-corrected chi connectivity index (χ3v) is 7.31. The van der Waals surface area contributed by atoms with E-state index in [2.05, 4.69) is 15.1 Å². The van der Waals surface area contributed by atoms with Crippen molar-refractivity contribution < 1.29 is 9.90 Å². The maximum Gasteiger partial charge on any atom is 0.271 e. The van der Waals surface area contributed by atoms with E-state index in [9.17, 15) is 9.90 Å². The number of aromatic amines is 1. The van der Waals surface area contributed by atoms with Crippen molar-refractivity contribution >= 4 is 17.2 Å². The molecule has 7 heteroatoms. The molecule has 2 N–H and O–H groups in total. The number of amides is 1. The Balaban J connectivity index is 1.27. The number of carbonyl (C=O) groups is 1. The summed E-state index contributed by atoms with van der Waals surface area (Å²) < 4.78 is 0. The second kappa shape index (κ2) is 7.04. The normalized spacial score (nSPS) is 31.4. The molecule has 2 aromatic rings. The second-order valence-electron chi connectivity index (χ2n) is 8.26. The molecule has 4 heterocycles. The Morgan fingerprint density at radius 1 is 1.22 bits per heavy atom. The fourth-order valence-corrected chi connectivity index (χ4v) is 5.85. The Labute approximate surface area is 163 Å². The van der Waals surface area contributed by atoms with Gasteiger partial charge < -0.3 is 10.0 Å². The van der Waals surface area contributed by atoms with Gasteiger partial charge in [-0.3, -0.25) is 14.8 Å². The topological polar surface area (TPSA) is 72.5 Å². The lowest BCUT2D eigenvalue weighted by atomic mass is 9.77. The minimum Gasteiger partial charge on any atom is -0.391 e. The third kappa shape index (κ3) is 3.22. The zero-order chi connectivity index (χ0) is 18.4. The SMILES string of the molecule is O=C(c1cc(-c2ccsc2)n[nH]1)N1C[C@H]2C[C@@H](N3CCCC3)[C@H](O)C[C@H]2C1. The van der Waals surface area contributed by atoms with Gasteiger partial charge in [-0.1, -0.05) is 0 Å². The van der Waals surface area contributed by atoms with Crippen LogP contribution in [-0.2, 0) is 0 Å². The number of likely N-dealkylation sites (tertiary alicyclic amines) is 2. The molecule has 2 aromatic heterocycles. The number of carbonyl (C=O) groups excluding carboxylic acids is 1. The summed E-state index contributed by atoms with van der Waals surface area (Å²) in [4.78, 5) is 17.4. The summed E-state index contributed by atoms with van der Waals surface area (Å²) in [5.41, 5.74) is 2.43. The minimum absolute atomic E-state index is 0.0330.